The Bertz CT molecular complexity index is 765. The fourth-order valence-electron chi connectivity index (χ4n) is 3.40. The molecule has 2 aromatic carbocycles. The van der Waals surface area contributed by atoms with Gasteiger partial charge in [0.15, 0.2) is 0 Å². The van der Waals surface area contributed by atoms with Gasteiger partial charge in [0.1, 0.15) is 5.75 Å². The Morgan fingerprint density at radius 2 is 1.80 bits per heavy atom. The minimum Gasteiger partial charge on any atom is -0.497 e. The van der Waals surface area contributed by atoms with Crippen molar-refractivity contribution in [3.8, 4) is 5.75 Å². The van der Waals surface area contributed by atoms with Crippen LogP contribution in [0.3, 0.4) is 0 Å². The second kappa shape index (κ2) is 7.11. The summed E-state index contributed by atoms with van der Waals surface area (Å²) in [5, 5.41) is 10.1. The number of ether oxygens (including phenoxy) is 1. The number of amides is 1. The molecule has 130 valence electrons. The van der Waals surface area contributed by atoms with Gasteiger partial charge in [-0.05, 0) is 49.2 Å². The van der Waals surface area contributed by atoms with Gasteiger partial charge in [0.05, 0.1) is 25.2 Å². The van der Waals surface area contributed by atoms with E-state index in [1.165, 1.54) is 0 Å². The Labute approximate surface area is 148 Å². The van der Waals surface area contributed by atoms with E-state index in [2.05, 4.69) is 6.08 Å². The summed E-state index contributed by atoms with van der Waals surface area (Å²) in [7, 11) is 1.61. The van der Waals surface area contributed by atoms with Crippen LogP contribution in [-0.2, 0) is 4.79 Å². The third kappa shape index (κ3) is 3.30. The first-order valence-corrected chi connectivity index (χ1v) is 8.41. The Balaban J connectivity index is 1.93. The average molecular weight is 337 g/mol. The number of benzene rings is 2. The summed E-state index contributed by atoms with van der Waals surface area (Å²) < 4.78 is 5.19. The second-order valence-electron chi connectivity index (χ2n) is 6.42. The summed E-state index contributed by atoms with van der Waals surface area (Å²) in [4.78, 5) is 14.4. The van der Waals surface area contributed by atoms with Crippen molar-refractivity contribution in [3.05, 3.63) is 65.7 Å². The summed E-state index contributed by atoms with van der Waals surface area (Å²) >= 11 is 0. The minimum atomic E-state index is -0.689. The largest absolute Gasteiger partial charge is 0.497 e. The second-order valence-corrected chi connectivity index (χ2v) is 6.42. The molecule has 0 spiro atoms. The number of nitrogens with zero attached hydrogens (tertiary/aromatic N) is 1. The van der Waals surface area contributed by atoms with Gasteiger partial charge < -0.3 is 14.7 Å². The number of carbonyl (C=O) groups is 1. The topological polar surface area (TPSA) is 49.8 Å². The Morgan fingerprint density at radius 3 is 2.36 bits per heavy atom. The van der Waals surface area contributed by atoms with Crippen molar-refractivity contribution in [3.63, 3.8) is 0 Å². The van der Waals surface area contributed by atoms with E-state index in [-0.39, 0.29) is 11.9 Å². The lowest BCUT2D eigenvalue weighted by atomic mass is 9.78. The molecule has 1 aliphatic heterocycles. The van der Waals surface area contributed by atoms with E-state index < -0.39 is 12.0 Å². The molecule has 0 radical (unpaired) electrons. The number of hydrogen-bond acceptors (Lipinski definition) is 3. The Morgan fingerprint density at radius 1 is 1.16 bits per heavy atom. The summed E-state index contributed by atoms with van der Waals surface area (Å²) in [6, 6.07) is 17.3. The molecule has 3 rings (SSSR count). The highest BCUT2D eigenvalue weighted by Gasteiger charge is 2.50. The van der Waals surface area contributed by atoms with Crippen LogP contribution in [0.5, 0.6) is 5.75 Å². The molecule has 3 atom stereocenters. The van der Waals surface area contributed by atoms with Crippen LogP contribution in [0.25, 0.3) is 6.08 Å². The summed E-state index contributed by atoms with van der Waals surface area (Å²) in [5.41, 5.74) is 2.94. The van der Waals surface area contributed by atoms with Crippen LogP contribution in [0.15, 0.2) is 60.2 Å². The molecular formula is C21H23NO3. The van der Waals surface area contributed by atoms with Gasteiger partial charge in [-0.3, -0.25) is 4.79 Å². The van der Waals surface area contributed by atoms with Gasteiger partial charge >= 0.3 is 0 Å². The molecule has 2 aromatic rings. The van der Waals surface area contributed by atoms with Crippen molar-refractivity contribution < 1.29 is 14.6 Å². The van der Waals surface area contributed by atoms with Gasteiger partial charge in [-0.1, -0.05) is 36.4 Å². The zero-order valence-corrected chi connectivity index (χ0v) is 14.7. The van der Waals surface area contributed by atoms with E-state index in [1.54, 1.807) is 18.9 Å². The van der Waals surface area contributed by atoms with E-state index in [0.717, 1.165) is 22.6 Å². The highest BCUT2D eigenvalue weighted by molar-refractivity contribution is 6.04. The average Bonchev–Trinajstić information content (AvgIpc) is 2.60. The standard InChI is InChI=1S/C21H23NO3/c1-14(13-16-7-5-4-6-8-16)20-19(15(2)23)21(24)22(20)17-9-11-18(25-3)12-10-17/h4-13,15,19-20,23H,1-3H3/b14-13+/t15-,19+,20-/m1/s1. The van der Waals surface area contributed by atoms with Crippen LogP contribution in [-0.4, -0.2) is 30.3 Å². The number of methoxy groups -OCH3 is 1. The van der Waals surface area contributed by atoms with Crippen molar-refractivity contribution >= 4 is 17.7 Å². The van der Waals surface area contributed by atoms with Crippen LogP contribution in [0.1, 0.15) is 19.4 Å². The van der Waals surface area contributed by atoms with Crippen LogP contribution < -0.4 is 9.64 Å². The molecule has 4 nitrogen and oxygen atoms in total. The van der Waals surface area contributed by atoms with Crippen LogP contribution in [0, 0.1) is 5.92 Å². The Kier molecular flexibility index (Phi) is 4.91. The van der Waals surface area contributed by atoms with Gasteiger partial charge in [0.25, 0.3) is 0 Å². The molecule has 1 fully saturated rings. The summed E-state index contributed by atoms with van der Waals surface area (Å²) in [6.07, 6.45) is 1.38. The molecule has 1 saturated heterocycles. The van der Waals surface area contributed by atoms with Crippen molar-refractivity contribution in [2.75, 3.05) is 12.0 Å². The van der Waals surface area contributed by atoms with E-state index in [9.17, 15) is 9.90 Å². The van der Waals surface area contributed by atoms with E-state index in [1.807, 2.05) is 61.5 Å². The monoisotopic (exact) mass is 337 g/mol. The molecule has 1 heterocycles. The third-order valence-corrected chi connectivity index (χ3v) is 4.67. The molecule has 4 heteroatoms. The molecule has 0 bridgehead atoms. The minimum absolute atomic E-state index is 0.0500. The van der Waals surface area contributed by atoms with Gasteiger partial charge in [-0.25, -0.2) is 0 Å². The maximum absolute atomic E-state index is 12.6. The number of carbonyl (C=O) groups excluding carboxylic acids is 1. The predicted molar refractivity (Wildman–Crippen MR) is 99.5 cm³/mol. The Hall–Kier alpha value is -2.59. The molecular weight excluding hydrogens is 314 g/mol. The van der Waals surface area contributed by atoms with Crippen LogP contribution >= 0.6 is 0 Å². The molecule has 1 amide bonds. The number of aliphatic hydroxyl groups excluding tert-OH is 1. The third-order valence-electron chi connectivity index (χ3n) is 4.67. The number of β-lactam (4-membered cyclic amide) rings is 1. The highest BCUT2D eigenvalue weighted by atomic mass is 16.5. The first kappa shape index (κ1) is 17.2. The zero-order valence-electron chi connectivity index (χ0n) is 14.7. The predicted octanol–water partition coefficient (Wildman–Crippen LogP) is 3.51. The maximum Gasteiger partial charge on any atom is 0.235 e. The molecule has 0 aromatic heterocycles. The van der Waals surface area contributed by atoms with Gasteiger partial charge in [-0.15, -0.1) is 0 Å². The van der Waals surface area contributed by atoms with Gasteiger partial charge in [-0.2, -0.15) is 0 Å². The van der Waals surface area contributed by atoms with E-state index in [4.69, 9.17) is 4.74 Å². The fraction of sp³-hybridized carbons (Fsp3) is 0.286. The van der Waals surface area contributed by atoms with Crippen molar-refractivity contribution in [1.29, 1.82) is 0 Å². The molecule has 0 saturated carbocycles. The fourth-order valence-corrected chi connectivity index (χ4v) is 3.40. The van der Waals surface area contributed by atoms with E-state index >= 15 is 0 Å². The maximum atomic E-state index is 12.6. The van der Waals surface area contributed by atoms with Crippen LogP contribution in [0.2, 0.25) is 0 Å². The SMILES string of the molecule is COc1ccc(N2C(=O)[C@@H]([C@@H](C)O)[C@H]2/C(C)=C/c2ccccc2)cc1. The molecule has 0 aliphatic carbocycles. The zero-order chi connectivity index (χ0) is 18.0. The highest BCUT2D eigenvalue weighted by Crippen LogP contribution is 2.39. The summed E-state index contributed by atoms with van der Waals surface area (Å²) in [5.74, 6) is 0.282. The lowest BCUT2D eigenvalue weighted by molar-refractivity contribution is -0.133. The number of anilines is 1. The summed E-state index contributed by atoms with van der Waals surface area (Å²) in [6.45, 7) is 3.69. The first-order chi connectivity index (χ1) is 12.0. The number of hydrogen-bond donors (Lipinski definition) is 1. The quantitative estimate of drug-likeness (QED) is 0.850. The smallest absolute Gasteiger partial charge is 0.235 e. The van der Waals surface area contributed by atoms with Gasteiger partial charge in [0, 0.05) is 5.69 Å². The number of rotatable bonds is 5. The van der Waals surface area contributed by atoms with Crippen molar-refractivity contribution in [2.24, 2.45) is 5.92 Å². The molecule has 1 aliphatic rings. The van der Waals surface area contributed by atoms with Crippen LogP contribution in [0.4, 0.5) is 5.69 Å². The normalized spacial score (nSPS) is 21.7. The van der Waals surface area contributed by atoms with Crippen molar-refractivity contribution in [2.45, 2.75) is 26.0 Å². The van der Waals surface area contributed by atoms with E-state index in [0.29, 0.717) is 0 Å². The van der Waals surface area contributed by atoms with Crippen molar-refractivity contribution in [1.82, 2.24) is 0 Å². The molecule has 1 N–H and O–H groups in total. The molecule has 0 unspecified atom stereocenters. The first-order valence-electron chi connectivity index (χ1n) is 8.41. The van der Waals surface area contributed by atoms with Gasteiger partial charge in [0.2, 0.25) is 5.91 Å². The molecule has 25 heavy (non-hydrogen) atoms. The lowest BCUT2D eigenvalue weighted by Crippen LogP contribution is -2.65. The lowest BCUT2D eigenvalue weighted by Gasteiger charge is -2.49. The number of aliphatic hydroxyl groups is 1.